The molecule has 652 valence electrons. The number of aliphatic hydroxyl groups is 14. The molecular weight excluding hydrogens is 1630 g/mol. The zero-order valence-corrected chi connectivity index (χ0v) is 68.8. The molecule has 5 saturated heterocycles. The van der Waals surface area contributed by atoms with Gasteiger partial charge in [-0.05, 0) is 164 Å². The number of aliphatic hydroxyl groups excluding tert-OH is 14. The van der Waals surface area contributed by atoms with Gasteiger partial charge in [-0.3, -0.25) is 4.68 Å². The fourth-order valence-corrected chi connectivity index (χ4v) is 16.9. The van der Waals surface area contributed by atoms with Crippen molar-refractivity contribution >= 4 is 66.8 Å². The summed E-state index contributed by atoms with van der Waals surface area (Å²) in [5.41, 5.74) is 10.5. The van der Waals surface area contributed by atoms with E-state index in [1.54, 1.807) is 175 Å². The predicted octanol–water partition coefficient (Wildman–Crippen LogP) is 7.84. The Hall–Kier alpha value is -11.1. The van der Waals surface area contributed by atoms with Crippen LogP contribution in [0.2, 0.25) is 5.02 Å². The van der Waals surface area contributed by atoms with Crippen LogP contribution < -0.4 is 0 Å². The van der Waals surface area contributed by atoms with Gasteiger partial charge in [0, 0.05) is 100 Å². The topological polar surface area (TPSA) is 449 Å². The maximum Gasteiger partial charge on any atom is 0.164 e. The first-order valence-corrected chi connectivity index (χ1v) is 41.0. The number of nitrogens with zero attached hydrogens (tertiary/aromatic N) is 13. The molecule has 5 aliphatic heterocycles. The van der Waals surface area contributed by atoms with Gasteiger partial charge in [0.2, 0.25) is 0 Å². The molecule has 0 radical (unpaired) electrons. The molecule has 16 heterocycles. The van der Waals surface area contributed by atoms with E-state index in [4.69, 9.17) is 35.3 Å². The van der Waals surface area contributed by atoms with Crippen LogP contribution in [-0.4, -0.2) is 226 Å². The van der Waals surface area contributed by atoms with E-state index in [1.807, 2.05) is 101 Å². The number of fused-ring (bicyclic) bond motifs is 5. The minimum absolute atomic E-state index is 0.370. The molecule has 11 aromatic heterocycles. The first-order chi connectivity index (χ1) is 60.2. The lowest BCUT2D eigenvalue weighted by Gasteiger charge is -2.21. The van der Waals surface area contributed by atoms with Crippen LogP contribution in [0.3, 0.4) is 0 Å². The first-order valence-electron chi connectivity index (χ1n) is 40.6. The molecule has 0 saturated carbocycles. The fourth-order valence-electron chi connectivity index (χ4n) is 16.7. The Labute approximate surface area is 718 Å². The minimum atomic E-state index is -1.30. The molecule has 15 aromatic rings. The van der Waals surface area contributed by atoms with Gasteiger partial charge in [-0.1, -0.05) is 96.5 Å². The molecule has 5 fully saturated rings. The second-order valence-electron chi connectivity index (χ2n) is 31.6. The minimum Gasteiger partial charge on any atom is -0.387 e. The van der Waals surface area contributed by atoms with Crippen molar-refractivity contribution in [3.8, 4) is 0 Å². The quantitative estimate of drug-likeness (QED) is 0.0464. The molecule has 0 spiro atoms. The Morgan fingerprint density at radius 3 is 1.02 bits per heavy atom. The molecule has 0 aliphatic carbocycles. The number of hydrogen-bond acceptors (Lipinski definition) is 26. The van der Waals surface area contributed by atoms with Crippen molar-refractivity contribution in [2.45, 2.75) is 188 Å². The van der Waals surface area contributed by atoms with Gasteiger partial charge in [-0.15, -0.1) is 0 Å². The third-order valence-corrected chi connectivity index (χ3v) is 23.9. The Balaban J connectivity index is 0.000000115. The Morgan fingerprint density at radius 2 is 0.656 bits per heavy atom. The Morgan fingerprint density at radius 1 is 0.328 bits per heavy atom. The molecule has 0 amide bonds. The highest BCUT2D eigenvalue weighted by atomic mass is 35.5. The van der Waals surface area contributed by atoms with Crippen molar-refractivity contribution in [2.24, 2.45) is 0 Å². The third kappa shape index (κ3) is 17.4. The van der Waals surface area contributed by atoms with Crippen molar-refractivity contribution in [3.05, 3.63) is 305 Å². The van der Waals surface area contributed by atoms with Gasteiger partial charge in [-0.2, -0.15) is 5.10 Å². The summed E-state index contributed by atoms with van der Waals surface area (Å²) in [5, 5.41) is 156. The summed E-state index contributed by atoms with van der Waals surface area (Å²) in [6.07, 6.45) is -4.17. The zero-order chi connectivity index (χ0) is 87.9. The van der Waals surface area contributed by atoms with Gasteiger partial charge in [-0.25, -0.2) is 34.3 Å². The number of rotatable bonds is 15. The molecule has 34 heteroatoms. The van der Waals surface area contributed by atoms with Crippen LogP contribution >= 0.6 is 11.6 Å². The van der Waals surface area contributed by atoms with E-state index in [0.717, 1.165) is 54.9 Å². The van der Waals surface area contributed by atoms with Crippen LogP contribution in [0.25, 0.3) is 55.2 Å². The number of ether oxygens (including phenoxy) is 5. The second kappa shape index (κ2) is 37.2. The lowest BCUT2D eigenvalue weighted by atomic mass is 9.99. The average Bonchev–Trinajstić information content (AvgIpc) is 1.67. The van der Waals surface area contributed by atoms with Crippen LogP contribution in [0.5, 0.6) is 0 Å². The Kier molecular flexibility index (Phi) is 26.0. The van der Waals surface area contributed by atoms with Crippen LogP contribution in [0, 0.1) is 40.4 Å². The predicted molar refractivity (Wildman–Crippen MR) is 453 cm³/mol. The molecule has 24 atom stereocenters. The van der Waals surface area contributed by atoms with Crippen LogP contribution in [0.1, 0.15) is 106 Å². The number of aromatic nitrogens is 13. The smallest absolute Gasteiger partial charge is 0.164 e. The monoisotopic (exact) mass is 1730 g/mol. The average molecular weight is 1730 g/mol. The van der Waals surface area contributed by atoms with Gasteiger partial charge in [0.15, 0.2) is 31.1 Å². The van der Waals surface area contributed by atoms with E-state index in [1.165, 1.54) is 30.6 Å². The van der Waals surface area contributed by atoms with E-state index in [9.17, 15) is 75.9 Å². The first kappa shape index (κ1) is 87.4. The number of aryl methyl sites for hydroxylation is 5. The summed E-state index contributed by atoms with van der Waals surface area (Å²) in [5.74, 6) is -0.424. The van der Waals surface area contributed by atoms with E-state index < -0.39 is 153 Å². The van der Waals surface area contributed by atoms with E-state index in [-0.39, 0.29) is 0 Å². The number of benzene rings is 4. The summed E-state index contributed by atoms with van der Waals surface area (Å²) >= 11 is 5.97. The van der Waals surface area contributed by atoms with Crippen LogP contribution in [-0.2, 0) is 30.2 Å². The van der Waals surface area contributed by atoms with Gasteiger partial charge in [0.25, 0.3) is 0 Å². The summed E-state index contributed by atoms with van der Waals surface area (Å²) in [6.45, 7) is 10.2. The summed E-state index contributed by atoms with van der Waals surface area (Å²) in [4.78, 5) is 25.8. The van der Waals surface area contributed by atoms with E-state index in [2.05, 4.69) is 35.0 Å². The van der Waals surface area contributed by atoms with E-state index >= 15 is 0 Å². The highest BCUT2D eigenvalue weighted by molar-refractivity contribution is 6.30. The summed E-state index contributed by atoms with van der Waals surface area (Å²) in [6, 6.07) is 48.8. The number of hydrogen-bond donors (Lipinski definition) is 14. The molecule has 125 heavy (non-hydrogen) atoms. The molecule has 4 aromatic carbocycles. The second-order valence-corrected chi connectivity index (χ2v) is 32.1. The van der Waals surface area contributed by atoms with Crippen LogP contribution in [0.15, 0.2) is 244 Å². The van der Waals surface area contributed by atoms with Gasteiger partial charge < -0.3 is 118 Å². The van der Waals surface area contributed by atoms with Crippen LogP contribution in [0.4, 0.5) is 4.39 Å². The van der Waals surface area contributed by atoms with Gasteiger partial charge in [0.05, 0.1) is 12.2 Å². The van der Waals surface area contributed by atoms with Crippen molar-refractivity contribution < 1.29 is 99.6 Å². The normalized spacial score (nSPS) is 27.5. The summed E-state index contributed by atoms with van der Waals surface area (Å²) in [7, 11) is 0. The fraction of sp³-hybridized carbons (Fsp3) is 0.330. The standard InChI is InChI=1S/C19H19ClN2O4.C19H19FN2O4.2C19H20N2O4.C15H17N5O3/c1-10-5-7-21-18-13(10)6-8-22(18)19-16(25)15(24)17(26-19)14(23)11-3-2-4-12(20)9-11;1-10-6-8-21-18-13(10)7-9-22(18)19-16(25)15(24)17(26-19)14(23)11-2-4-12(20)5-3-11;2*1-11-7-9-20-18-13(11)8-10-21(18)19-16(24)15(23)17(25-19)14(22)12-5-3-2-4-6-12;1-9-10-3-6-20(14(10)17-8-16-9)15-13(22)12(21)11(23-15)7-19-5-2-4-18-19/h2*2-9,14-17,19,23-25H,1H3;2*2-10,14-17,19,22-24H,1H3;2-6,8,11-13,15,21-22H,7H2,1H3. The molecule has 0 bridgehead atoms. The zero-order valence-electron chi connectivity index (χ0n) is 68.0. The largest absolute Gasteiger partial charge is 0.387 e. The molecule has 5 aliphatic rings. The maximum absolute atomic E-state index is 13.1. The van der Waals surface area contributed by atoms with Crippen molar-refractivity contribution in [2.75, 3.05) is 0 Å². The van der Waals surface area contributed by atoms with Gasteiger partial charge in [0.1, 0.15) is 156 Å². The van der Waals surface area contributed by atoms with Gasteiger partial charge >= 0.3 is 0 Å². The molecule has 24 unspecified atom stereocenters. The van der Waals surface area contributed by atoms with Crippen molar-refractivity contribution in [1.82, 2.24) is 62.5 Å². The van der Waals surface area contributed by atoms with Crippen molar-refractivity contribution in [1.29, 1.82) is 0 Å². The highest BCUT2D eigenvalue weighted by Crippen LogP contribution is 2.44. The maximum atomic E-state index is 13.1. The molecular formula is C91H95ClFN13O19. The molecule has 14 N–H and O–H groups in total. The third-order valence-electron chi connectivity index (χ3n) is 23.7. The number of pyridine rings is 4. The van der Waals surface area contributed by atoms with Crippen molar-refractivity contribution in [3.63, 3.8) is 0 Å². The molecule has 20 rings (SSSR count). The molecule has 32 nitrogen and oxygen atoms in total. The lowest BCUT2D eigenvalue weighted by molar-refractivity contribution is -0.0848. The number of halogens is 2. The van der Waals surface area contributed by atoms with E-state index in [0.29, 0.717) is 62.1 Å². The Bertz CT molecular complexity index is 6020. The summed E-state index contributed by atoms with van der Waals surface area (Å²) < 4.78 is 52.5. The SMILES string of the molecule is Cc1ccnc2c1ccn2C1OC(C(O)c2ccc(F)cc2)C(O)C1O.Cc1ccnc2c1ccn2C1OC(C(O)c2cccc(Cl)c2)C(O)C1O.Cc1ccnc2c1ccn2C1OC(C(O)c2ccccc2)C(O)C1O.Cc1ccnc2c1ccn2C1OC(C(O)c2ccccc2)C(O)C1O.Cc1ncnc2c1ccn2C1OC(Cn2cccn2)C(O)C1O. The highest BCUT2D eigenvalue weighted by Gasteiger charge is 2.52. The lowest BCUT2D eigenvalue weighted by Crippen LogP contribution is -2.34.